The lowest BCUT2D eigenvalue weighted by molar-refractivity contribution is 0.101. The molecule has 4 rings (SSSR count). The van der Waals surface area contributed by atoms with Gasteiger partial charge in [-0.05, 0) is 25.1 Å². The van der Waals surface area contributed by atoms with Crippen LogP contribution in [0.15, 0.2) is 47.1 Å². The number of carbonyl (C=O) groups excluding carboxylic acids is 1. The minimum Gasteiger partial charge on any atom is -0.355 e. The van der Waals surface area contributed by atoms with Gasteiger partial charge in [0.15, 0.2) is 17.1 Å². The fraction of sp³-hybridized carbons (Fsp3) is 0.111. The van der Waals surface area contributed by atoms with Crippen molar-refractivity contribution in [1.29, 1.82) is 0 Å². The topological polar surface area (TPSA) is 85.8 Å². The summed E-state index contributed by atoms with van der Waals surface area (Å²) < 4.78 is 6.96. The van der Waals surface area contributed by atoms with E-state index in [1.54, 1.807) is 35.1 Å². The van der Waals surface area contributed by atoms with Crippen LogP contribution in [0.1, 0.15) is 16.2 Å². The van der Waals surface area contributed by atoms with Crippen LogP contribution in [0, 0.1) is 6.92 Å². The summed E-state index contributed by atoms with van der Waals surface area (Å²) in [6.07, 6.45) is 1.58. The number of pyridine rings is 1. The molecule has 8 heteroatoms. The number of hydrogen-bond donors (Lipinski definition) is 1. The second kappa shape index (κ2) is 6.27. The fourth-order valence-corrected chi connectivity index (χ4v) is 2.92. The van der Waals surface area contributed by atoms with Gasteiger partial charge in [0.2, 0.25) is 0 Å². The molecule has 26 heavy (non-hydrogen) atoms. The number of nitrogens with one attached hydrogen (secondary N) is 1. The Morgan fingerprint density at radius 2 is 2.12 bits per heavy atom. The zero-order valence-electron chi connectivity index (χ0n) is 14.0. The number of aromatic nitrogens is 4. The molecular weight excluding hydrogens is 354 g/mol. The Balaban J connectivity index is 1.58. The molecule has 1 amide bonds. The van der Waals surface area contributed by atoms with E-state index in [2.05, 4.69) is 20.6 Å². The van der Waals surface area contributed by atoms with Crippen LogP contribution in [-0.4, -0.2) is 25.8 Å². The fourth-order valence-electron chi connectivity index (χ4n) is 2.73. The molecule has 0 aliphatic rings. The quantitative estimate of drug-likeness (QED) is 0.594. The first-order chi connectivity index (χ1) is 12.5. The molecule has 4 aromatic rings. The average Bonchev–Trinajstić information content (AvgIpc) is 3.21. The highest BCUT2D eigenvalue weighted by molar-refractivity contribution is 6.30. The third kappa shape index (κ3) is 2.93. The number of fused-ring (bicyclic) bond motifs is 1. The van der Waals surface area contributed by atoms with Gasteiger partial charge >= 0.3 is 0 Å². The average molecular weight is 368 g/mol. The summed E-state index contributed by atoms with van der Waals surface area (Å²) in [7, 11) is 1.83. The second-order valence-corrected chi connectivity index (χ2v) is 6.28. The molecule has 0 bridgehead atoms. The molecule has 1 N–H and O–H groups in total. The molecule has 130 valence electrons. The van der Waals surface area contributed by atoms with Crippen molar-refractivity contribution < 1.29 is 9.32 Å². The zero-order chi connectivity index (χ0) is 18.3. The third-order valence-electron chi connectivity index (χ3n) is 3.97. The standard InChI is InChI=1S/C18H14ClN5O2/c1-10-14-7-13(9-20-17(14)24(2)22-10)21-18(25)15-8-16(26-23-15)11-4-3-5-12(19)6-11/h3-9H,1-2H3,(H,21,25). The van der Waals surface area contributed by atoms with Crippen LogP contribution >= 0.6 is 11.6 Å². The summed E-state index contributed by atoms with van der Waals surface area (Å²) in [6.45, 7) is 1.89. The Hall–Kier alpha value is -3.19. The second-order valence-electron chi connectivity index (χ2n) is 5.85. The molecule has 3 heterocycles. The Kier molecular flexibility index (Phi) is 3.93. The zero-order valence-corrected chi connectivity index (χ0v) is 14.8. The van der Waals surface area contributed by atoms with E-state index < -0.39 is 0 Å². The lowest BCUT2D eigenvalue weighted by Crippen LogP contribution is -2.12. The first-order valence-corrected chi connectivity index (χ1v) is 8.22. The van der Waals surface area contributed by atoms with Crippen LogP contribution in [-0.2, 0) is 7.05 Å². The van der Waals surface area contributed by atoms with Crippen molar-refractivity contribution in [2.75, 3.05) is 5.32 Å². The largest absolute Gasteiger partial charge is 0.355 e. The van der Waals surface area contributed by atoms with Crippen molar-refractivity contribution in [3.63, 3.8) is 0 Å². The molecule has 0 aliphatic heterocycles. The Morgan fingerprint density at radius 3 is 2.92 bits per heavy atom. The van der Waals surface area contributed by atoms with Crippen molar-refractivity contribution in [3.05, 3.63) is 59.0 Å². The number of anilines is 1. The molecule has 1 aromatic carbocycles. The lowest BCUT2D eigenvalue weighted by Gasteiger charge is -2.02. The van der Waals surface area contributed by atoms with Crippen LogP contribution < -0.4 is 5.32 Å². The van der Waals surface area contributed by atoms with Crippen LogP contribution in [0.3, 0.4) is 0 Å². The molecule has 7 nitrogen and oxygen atoms in total. The van der Waals surface area contributed by atoms with E-state index >= 15 is 0 Å². The maximum Gasteiger partial charge on any atom is 0.277 e. The minimum atomic E-state index is -0.385. The monoisotopic (exact) mass is 367 g/mol. The summed E-state index contributed by atoms with van der Waals surface area (Å²) >= 11 is 5.98. The highest BCUT2D eigenvalue weighted by Crippen LogP contribution is 2.24. The number of halogens is 1. The molecule has 0 fully saturated rings. The van der Waals surface area contributed by atoms with E-state index in [0.29, 0.717) is 16.5 Å². The van der Waals surface area contributed by atoms with Crippen molar-refractivity contribution in [2.45, 2.75) is 6.92 Å². The molecular formula is C18H14ClN5O2. The molecule has 3 aromatic heterocycles. The van der Waals surface area contributed by atoms with Gasteiger partial charge in [-0.3, -0.25) is 9.48 Å². The molecule has 0 unspecified atom stereocenters. The summed E-state index contributed by atoms with van der Waals surface area (Å²) in [5.74, 6) is 0.0825. The van der Waals surface area contributed by atoms with Crippen LogP contribution in [0.25, 0.3) is 22.4 Å². The highest BCUT2D eigenvalue weighted by Gasteiger charge is 2.15. The molecule has 0 aliphatic carbocycles. The van der Waals surface area contributed by atoms with Gasteiger partial charge in [-0.2, -0.15) is 5.10 Å². The molecule has 0 spiro atoms. The summed E-state index contributed by atoms with van der Waals surface area (Å²) in [5.41, 5.74) is 3.08. The van der Waals surface area contributed by atoms with Crippen molar-refractivity contribution in [1.82, 2.24) is 19.9 Å². The van der Waals surface area contributed by atoms with E-state index in [9.17, 15) is 4.79 Å². The number of hydrogen-bond acceptors (Lipinski definition) is 5. The smallest absolute Gasteiger partial charge is 0.277 e. The van der Waals surface area contributed by atoms with Crippen LogP contribution in [0.2, 0.25) is 5.02 Å². The number of nitrogens with zero attached hydrogens (tertiary/aromatic N) is 4. The summed E-state index contributed by atoms with van der Waals surface area (Å²) in [5, 5.41) is 12.4. The molecule has 0 saturated carbocycles. The number of benzene rings is 1. The van der Waals surface area contributed by atoms with E-state index in [4.69, 9.17) is 16.1 Å². The summed E-state index contributed by atoms with van der Waals surface area (Å²) in [4.78, 5) is 16.8. The molecule has 0 radical (unpaired) electrons. The Morgan fingerprint density at radius 1 is 1.27 bits per heavy atom. The normalized spacial score (nSPS) is 11.0. The minimum absolute atomic E-state index is 0.169. The van der Waals surface area contributed by atoms with Gasteiger partial charge < -0.3 is 9.84 Å². The first-order valence-electron chi connectivity index (χ1n) is 7.84. The third-order valence-corrected chi connectivity index (χ3v) is 4.21. The van der Waals surface area contributed by atoms with Crippen molar-refractivity contribution in [2.24, 2.45) is 7.05 Å². The van der Waals surface area contributed by atoms with Gasteiger partial charge in [-0.1, -0.05) is 28.9 Å². The predicted molar refractivity (Wildman–Crippen MR) is 98.1 cm³/mol. The van der Waals surface area contributed by atoms with Crippen molar-refractivity contribution in [3.8, 4) is 11.3 Å². The van der Waals surface area contributed by atoms with E-state index in [0.717, 1.165) is 22.3 Å². The van der Waals surface area contributed by atoms with Gasteiger partial charge in [-0.25, -0.2) is 4.98 Å². The SMILES string of the molecule is Cc1nn(C)c2ncc(NC(=O)c3cc(-c4cccc(Cl)c4)on3)cc12. The lowest BCUT2D eigenvalue weighted by atomic mass is 10.1. The highest BCUT2D eigenvalue weighted by atomic mass is 35.5. The summed E-state index contributed by atoms with van der Waals surface area (Å²) in [6, 6.07) is 10.5. The van der Waals surface area contributed by atoms with Gasteiger partial charge in [-0.15, -0.1) is 0 Å². The molecule has 0 atom stereocenters. The van der Waals surface area contributed by atoms with E-state index in [-0.39, 0.29) is 11.6 Å². The first kappa shape index (κ1) is 16.3. The Bertz CT molecular complexity index is 1130. The van der Waals surface area contributed by atoms with Crippen molar-refractivity contribution >= 4 is 34.2 Å². The Labute approximate surface area is 153 Å². The van der Waals surface area contributed by atoms with Gasteiger partial charge in [0.25, 0.3) is 5.91 Å². The van der Waals surface area contributed by atoms with E-state index in [1.165, 1.54) is 0 Å². The maximum atomic E-state index is 12.4. The molecule has 0 saturated heterocycles. The van der Waals surface area contributed by atoms with Gasteiger partial charge in [0, 0.05) is 29.1 Å². The van der Waals surface area contributed by atoms with Gasteiger partial charge in [0.05, 0.1) is 17.6 Å². The maximum absolute atomic E-state index is 12.4. The van der Waals surface area contributed by atoms with E-state index in [1.807, 2.05) is 26.1 Å². The van der Waals surface area contributed by atoms with Crippen LogP contribution in [0.5, 0.6) is 0 Å². The predicted octanol–water partition coefficient (Wildman–Crippen LogP) is 3.84. The number of aryl methyl sites for hydroxylation is 2. The van der Waals surface area contributed by atoms with Gasteiger partial charge in [0.1, 0.15) is 0 Å². The number of rotatable bonds is 3. The number of amides is 1. The number of carbonyl (C=O) groups is 1. The van der Waals surface area contributed by atoms with Crippen LogP contribution in [0.4, 0.5) is 5.69 Å².